The minimum absolute atomic E-state index is 0.0990. The molecular weight excluding hydrogens is 388 g/mol. The zero-order valence-corrected chi connectivity index (χ0v) is 18.9. The van der Waals surface area contributed by atoms with E-state index in [0.29, 0.717) is 24.4 Å². The minimum Gasteiger partial charge on any atom is -0.483 e. The molecule has 3 aliphatic carbocycles. The Morgan fingerprint density at radius 1 is 1.19 bits per heavy atom. The van der Waals surface area contributed by atoms with Crippen LogP contribution < -0.4 is 4.74 Å². The highest BCUT2D eigenvalue weighted by atomic mass is 16.5. The molecule has 1 saturated heterocycles. The zero-order chi connectivity index (χ0) is 21.2. The molecule has 0 spiro atoms. The van der Waals surface area contributed by atoms with Gasteiger partial charge in [-0.05, 0) is 86.3 Å². The van der Waals surface area contributed by atoms with E-state index >= 15 is 0 Å². The molecule has 0 bridgehead atoms. The van der Waals surface area contributed by atoms with Crippen LogP contribution in [-0.2, 0) is 16.0 Å². The van der Waals surface area contributed by atoms with Crippen LogP contribution in [0.25, 0.3) is 0 Å². The lowest BCUT2D eigenvalue weighted by Crippen LogP contribution is -2.45. The molecule has 6 rings (SSSR count). The van der Waals surface area contributed by atoms with E-state index in [9.17, 15) is 4.79 Å². The van der Waals surface area contributed by atoms with Gasteiger partial charge in [0, 0.05) is 25.4 Å². The van der Waals surface area contributed by atoms with Gasteiger partial charge in [-0.15, -0.1) is 0 Å². The van der Waals surface area contributed by atoms with Crippen molar-refractivity contribution in [2.24, 2.45) is 22.2 Å². The van der Waals surface area contributed by atoms with E-state index < -0.39 is 0 Å². The predicted molar refractivity (Wildman–Crippen MR) is 120 cm³/mol. The maximum Gasteiger partial charge on any atom is 0.302 e. The quantitative estimate of drug-likeness (QED) is 0.598. The second-order valence-corrected chi connectivity index (χ2v) is 10.6. The van der Waals surface area contributed by atoms with Crippen molar-refractivity contribution in [3.05, 3.63) is 23.3 Å². The lowest BCUT2D eigenvalue weighted by Gasteiger charge is -2.50. The third-order valence-corrected chi connectivity index (χ3v) is 9.14. The number of rotatable bonds is 1. The van der Waals surface area contributed by atoms with Crippen molar-refractivity contribution in [3.8, 4) is 5.75 Å². The molecule has 1 aromatic carbocycles. The van der Waals surface area contributed by atoms with Crippen LogP contribution in [0.4, 0.5) is 5.69 Å². The summed E-state index contributed by atoms with van der Waals surface area (Å²) in [5.41, 5.74) is 4.21. The summed E-state index contributed by atoms with van der Waals surface area (Å²) < 4.78 is 12.0. The van der Waals surface area contributed by atoms with Gasteiger partial charge in [0.1, 0.15) is 30.0 Å². The van der Waals surface area contributed by atoms with Gasteiger partial charge in [0.05, 0.1) is 0 Å². The summed E-state index contributed by atoms with van der Waals surface area (Å²) >= 11 is 0. The molecule has 2 aliphatic heterocycles. The Balaban J connectivity index is 1.31. The second-order valence-electron chi connectivity index (χ2n) is 10.6. The standard InChI is InChI=1S/C26H34N2O3/c1-16(29)31-23-10-8-21-19-5-6-20-17(18(19)11-12-26(21,23)2)7-9-22-25(20)27-24(15-30-22)28-13-3-4-14-28/h7,9,18-19,21,23H,3-6,8,10-15H2,1-2H3/t18-,19-,21+,23+,26+/m1/s1. The van der Waals surface area contributed by atoms with Crippen molar-refractivity contribution in [3.63, 3.8) is 0 Å². The van der Waals surface area contributed by atoms with E-state index in [1.165, 1.54) is 43.2 Å². The van der Waals surface area contributed by atoms with Crippen molar-refractivity contribution in [1.29, 1.82) is 0 Å². The molecule has 5 atom stereocenters. The highest BCUT2D eigenvalue weighted by Gasteiger charge is 2.56. The van der Waals surface area contributed by atoms with Crippen LogP contribution in [0.5, 0.6) is 5.75 Å². The Labute approximate surface area is 185 Å². The topological polar surface area (TPSA) is 51.1 Å². The first-order chi connectivity index (χ1) is 15.0. The Bertz CT molecular complexity index is 935. The number of esters is 1. The van der Waals surface area contributed by atoms with Crippen molar-refractivity contribution >= 4 is 17.5 Å². The fourth-order valence-electron chi connectivity index (χ4n) is 7.65. The number of hydrogen-bond donors (Lipinski definition) is 0. The molecule has 1 aromatic rings. The van der Waals surface area contributed by atoms with Gasteiger partial charge >= 0.3 is 5.97 Å². The third-order valence-electron chi connectivity index (χ3n) is 9.14. The number of carbonyl (C=O) groups excluding carboxylic acids is 1. The number of nitrogens with zero attached hydrogens (tertiary/aromatic N) is 2. The number of amidine groups is 1. The van der Waals surface area contributed by atoms with Crippen molar-refractivity contribution in [2.45, 2.75) is 77.2 Å². The van der Waals surface area contributed by atoms with Crippen molar-refractivity contribution < 1.29 is 14.3 Å². The average Bonchev–Trinajstić information content (AvgIpc) is 3.41. The van der Waals surface area contributed by atoms with Crippen LogP contribution in [0, 0.1) is 17.3 Å². The third kappa shape index (κ3) is 3.02. The largest absolute Gasteiger partial charge is 0.483 e. The maximum atomic E-state index is 11.7. The van der Waals surface area contributed by atoms with Gasteiger partial charge in [-0.2, -0.15) is 0 Å². The van der Waals surface area contributed by atoms with Crippen LogP contribution in [0.2, 0.25) is 0 Å². The van der Waals surface area contributed by atoms with Crippen molar-refractivity contribution in [2.75, 3.05) is 19.7 Å². The molecule has 0 unspecified atom stereocenters. The fraction of sp³-hybridized carbons (Fsp3) is 0.692. The van der Waals surface area contributed by atoms with Gasteiger partial charge in [-0.3, -0.25) is 4.79 Å². The van der Waals surface area contributed by atoms with E-state index in [-0.39, 0.29) is 17.5 Å². The second kappa shape index (κ2) is 7.25. The van der Waals surface area contributed by atoms with Gasteiger partial charge in [0.15, 0.2) is 0 Å². The number of ether oxygens (including phenoxy) is 2. The smallest absolute Gasteiger partial charge is 0.302 e. The lowest BCUT2D eigenvalue weighted by molar-refractivity contribution is -0.154. The molecule has 5 nitrogen and oxygen atoms in total. The molecular formula is C26H34N2O3. The van der Waals surface area contributed by atoms with Crippen LogP contribution in [0.1, 0.15) is 75.8 Å². The highest BCUT2D eigenvalue weighted by molar-refractivity contribution is 5.90. The van der Waals surface area contributed by atoms with Crippen molar-refractivity contribution in [1.82, 2.24) is 4.90 Å². The number of carbonyl (C=O) groups is 1. The molecule has 31 heavy (non-hydrogen) atoms. The number of aliphatic imine (C=N–C) groups is 1. The molecule has 5 heteroatoms. The summed E-state index contributed by atoms with van der Waals surface area (Å²) in [7, 11) is 0. The van der Waals surface area contributed by atoms with E-state index in [4.69, 9.17) is 14.5 Å². The Morgan fingerprint density at radius 2 is 2.03 bits per heavy atom. The van der Waals surface area contributed by atoms with Crippen LogP contribution >= 0.6 is 0 Å². The van der Waals surface area contributed by atoms with Gasteiger partial charge in [0.25, 0.3) is 0 Å². The summed E-state index contributed by atoms with van der Waals surface area (Å²) in [6.45, 7) is 6.77. The van der Waals surface area contributed by atoms with E-state index in [1.807, 2.05) is 0 Å². The molecule has 0 aromatic heterocycles. The highest BCUT2D eigenvalue weighted by Crippen LogP contribution is 2.62. The molecule has 2 heterocycles. The maximum absolute atomic E-state index is 11.7. The molecule has 0 amide bonds. The molecule has 5 aliphatic rings. The van der Waals surface area contributed by atoms with Crippen LogP contribution in [-0.4, -0.2) is 42.5 Å². The molecule has 3 fully saturated rings. The molecule has 0 radical (unpaired) electrons. The first-order valence-electron chi connectivity index (χ1n) is 12.3. The first-order valence-corrected chi connectivity index (χ1v) is 12.3. The van der Waals surface area contributed by atoms with Crippen LogP contribution in [0.15, 0.2) is 17.1 Å². The lowest BCUT2D eigenvalue weighted by atomic mass is 9.55. The van der Waals surface area contributed by atoms with Gasteiger partial charge < -0.3 is 14.4 Å². The van der Waals surface area contributed by atoms with Gasteiger partial charge in [-0.25, -0.2) is 4.99 Å². The Morgan fingerprint density at radius 3 is 2.84 bits per heavy atom. The predicted octanol–water partition coefficient (Wildman–Crippen LogP) is 4.99. The van der Waals surface area contributed by atoms with E-state index in [2.05, 4.69) is 24.0 Å². The summed E-state index contributed by atoms with van der Waals surface area (Å²) in [5, 5.41) is 0. The average molecular weight is 423 g/mol. The summed E-state index contributed by atoms with van der Waals surface area (Å²) in [4.78, 5) is 19.2. The Hall–Kier alpha value is -2.04. The van der Waals surface area contributed by atoms with Gasteiger partial charge in [0.2, 0.25) is 0 Å². The Kier molecular flexibility index (Phi) is 4.59. The normalized spacial score (nSPS) is 35.9. The summed E-state index contributed by atoms with van der Waals surface area (Å²) in [6.07, 6.45) is 9.47. The molecule has 0 N–H and O–H groups in total. The number of benzene rings is 1. The summed E-state index contributed by atoms with van der Waals surface area (Å²) in [5.74, 6) is 3.92. The van der Waals surface area contributed by atoms with Gasteiger partial charge in [-0.1, -0.05) is 13.0 Å². The zero-order valence-electron chi connectivity index (χ0n) is 18.9. The van der Waals surface area contributed by atoms with Crippen LogP contribution in [0.3, 0.4) is 0 Å². The first kappa shape index (κ1) is 19.6. The summed E-state index contributed by atoms with van der Waals surface area (Å²) in [6, 6.07) is 4.51. The number of hydrogen-bond acceptors (Lipinski definition) is 5. The number of likely N-dealkylation sites (tertiary alicyclic amines) is 1. The van der Waals surface area contributed by atoms with E-state index in [1.54, 1.807) is 6.92 Å². The SMILES string of the molecule is CC(=O)O[C@H]1CC[C@H]2[C@@H]3CCc4c(ccc5c4N=C(N4CCCC4)CO5)[C@H]3CC[C@]12C. The number of fused-ring (bicyclic) bond motifs is 7. The monoisotopic (exact) mass is 422 g/mol. The minimum atomic E-state index is -0.124. The fourth-order valence-corrected chi connectivity index (χ4v) is 7.65. The van der Waals surface area contributed by atoms with E-state index in [0.717, 1.165) is 49.6 Å². The molecule has 166 valence electrons. The molecule has 2 saturated carbocycles.